The van der Waals surface area contributed by atoms with Gasteiger partial charge in [-0.25, -0.2) is 4.73 Å². The summed E-state index contributed by atoms with van der Waals surface area (Å²) in [5.74, 6) is 0.232. The van der Waals surface area contributed by atoms with Crippen LogP contribution in [-0.4, -0.2) is 13.7 Å². The zero-order valence-corrected chi connectivity index (χ0v) is 12.3. The minimum atomic E-state index is 0.232. The number of aryl methyl sites for hydroxylation is 1. The largest absolute Gasteiger partial charge is 0.710 e. The molecule has 8 heteroatoms. The molecule has 22 heavy (non-hydrogen) atoms. The Bertz CT molecular complexity index is 720. The molecule has 0 bridgehead atoms. The Labute approximate surface area is 127 Å². The molecule has 0 aliphatic heterocycles. The van der Waals surface area contributed by atoms with Gasteiger partial charge < -0.3 is 10.1 Å². The number of pyridine rings is 1. The van der Waals surface area contributed by atoms with E-state index in [0.29, 0.717) is 10.4 Å². The fourth-order valence-corrected chi connectivity index (χ4v) is 1.74. The van der Waals surface area contributed by atoms with Gasteiger partial charge in [0.25, 0.3) is 0 Å². The molecule has 0 unspecified atom stereocenters. The molecule has 0 saturated carbocycles. The molecule has 0 fully saturated rings. The molecular formula is C14H15N7O. The molecule has 1 aromatic heterocycles. The first-order chi connectivity index (χ1) is 10.6. The van der Waals surface area contributed by atoms with E-state index >= 15 is 0 Å². The predicted molar refractivity (Wildman–Crippen MR) is 83.2 cm³/mol. The fourth-order valence-electron chi connectivity index (χ4n) is 1.74. The maximum atomic E-state index is 11.6. The van der Waals surface area contributed by atoms with Gasteiger partial charge in [-0.15, -0.1) is 0 Å². The number of anilines is 1. The molecule has 1 heterocycles. The van der Waals surface area contributed by atoms with Crippen LogP contribution in [0.4, 0.5) is 17.2 Å². The Balaban J connectivity index is 2.10. The first-order valence-corrected chi connectivity index (χ1v) is 6.54. The van der Waals surface area contributed by atoms with E-state index in [1.54, 1.807) is 29.2 Å². The van der Waals surface area contributed by atoms with E-state index in [1.807, 2.05) is 26.1 Å². The third-order valence-electron chi connectivity index (χ3n) is 2.94. The van der Waals surface area contributed by atoms with Crippen molar-refractivity contribution in [2.75, 3.05) is 18.6 Å². The zero-order valence-electron chi connectivity index (χ0n) is 12.3. The van der Waals surface area contributed by atoms with E-state index in [9.17, 15) is 5.21 Å². The summed E-state index contributed by atoms with van der Waals surface area (Å²) in [4.78, 5) is 4.51. The highest BCUT2D eigenvalue weighted by molar-refractivity contribution is 5.52. The minimum absolute atomic E-state index is 0.232. The third-order valence-corrected chi connectivity index (χ3v) is 2.94. The molecule has 1 aromatic carbocycles. The summed E-state index contributed by atoms with van der Waals surface area (Å²) in [7, 11) is 1.82. The quantitative estimate of drug-likeness (QED) is 0.276. The lowest BCUT2D eigenvalue weighted by molar-refractivity contribution is -0.592. The molecule has 0 aliphatic carbocycles. The number of hydrogen-bond acceptors (Lipinski definition) is 5. The smallest absolute Gasteiger partial charge is 0.353 e. The molecule has 8 nitrogen and oxygen atoms in total. The van der Waals surface area contributed by atoms with Crippen LogP contribution < -0.4 is 9.63 Å². The van der Waals surface area contributed by atoms with Crippen LogP contribution in [0.2, 0.25) is 0 Å². The Hall–Kier alpha value is -3.12. The summed E-state index contributed by atoms with van der Waals surface area (Å²) < 4.78 is 0.681. The molecule has 0 atom stereocenters. The van der Waals surface area contributed by atoms with Gasteiger partial charge in [0.05, 0.1) is 18.0 Å². The maximum Gasteiger partial charge on any atom is 0.353 e. The first-order valence-electron chi connectivity index (χ1n) is 6.54. The van der Waals surface area contributed by atoms with Gasteiger partial charge >= 0.3 is 5.82 Å². The van der Waals surface area contributed by atoms with Gasteiger partial charge in [-0.1, -0.05) is 5.11 Å². The number of benzene rings is 1. The van der Waals surface area contributed by atoms with Gasteiger partial charge in [-0.3, -0.25) is 0 Å². The molecule has 2 aromatic rings. The van der Waals surface area contributed by atoms with Crippen LogP contribution in [0, 0.1) is 12.1 Å². The van der Waals surface area contributed by atoms with Gasteiger partial charge in [-0.2, -0.15) is 0 Å². The molecule has 0 spiro atoms. The highest BCUT2D eigenvalue weighted by Gasteiger charge is 2.04. The van der Waals surface area contributed by atoms with Crippen molar-refractivity contribution in [1.82, 2.24) is 0 Å². The summed E-state index contributed by atoms with van der Waals surface area (Å²) in [5.41, 5.74) is 10.7. The van der Waals surface area contributed by atoms with E-state index in [2.05, 4.69) is 20.3 Å². The summed E-state index contributed by atoms with van der Waals surface area (Å²) in [6, 6.07) is 10.6. The average molecular weight is 297 g/mol. The monoisotopic (exact) mass is 297 g/mol. The van der Waals surface area contributed by atoms with Gasteiger partial charge in [0, 0.05) is 23.7 Å². The summed E-state index contributed by atoms with van der Waals surface area (Å²) in [6.45, 7) is 2.08. The van der Waals surface area contributed by atoms with Crippen LogP contribution in [-0.2, 0) is 0 Å². The van der Waals surface area contributed by atoms with Crippen LogP contribution in [0.1, 0.15) is 5.56 Å². The van der Waals surface area contributed by atoms with Crippen molar-refractivity contribution in [3.8, 4) is 0 Å². The van der Waals surface area contributed by atoms with E-state index in [4.69, 9.17) is 5.53 Å². The van der Waals surface area contributed by atoms with Gasteiger partial charge in [0.2, 0.25) is 0 Å². The van der Waals surface area contributed by atoms with Crippen molar-refractivity contribution in [2.45, 2.75) is 6.92 Å². The highest BCUT2D eigenvalue weighted by atomic mass is 16.5. The van der Waals surface area contributed by atoms with E-state index in [-0.39, 0.29) is 12.5 Å². The number of rotatable bonds is 5. The fraction of sp³-hybridized carbons (Fsp3) is 0.214. The lowest BCUT2D eigenvalue weighted by atomic mass is 10.3. The lowest BCUT2D eigenvalue weighted by Crippen LogP contribution is -2.25. The Kier molecular flexibility index (Phi) is 4.89. The van der Waals surface area contributed by atoms with Crippen molar-refractivity contribution >= 4 is 17.2 Å². The van der Waals surface area contributed by atoms with Gasteiger partial charge in [0.1, 0.15) is 5.69 Å². The molecule has 112 valence electrons. The van der Waals surface area contributed by atoms with Crippen LogP contribution in [0.15, 0.2) is 57.9 Å². The number of azo groups is 1. The second-order valence-electron chi connectivity index (χ2n) is 4.68. The molecular weight excluding hydrogens is 282 g/mol. The topological polar surface area (TPSA) is 104 Å². The summed E-state index contributed by atoms with van der Waals surface area (Å²) >= 11 is 0. The summed E-state index contributed by atoms with van der Waals surface area (Å²) in [6.07, 6.45) is 1.45. The van der Waals surface area contributed by atoms with Crippen LogP contribution in [0.5, 0.6) is 0 Å². The molecule has 0 radical (unpaired) electrons. The average Bonchev–Trinajstić information content (AvgIpc) is 2.52. The van der Waals surface area contributed by atoms with Crippen molar-refractivity contribution in [3.63, 3.8) is 0 Å². The molecule has 0 saturated heterocycles. The van der Waals surface area contributed by atoms with E-state index < -0.39 is 0 Å². The van der Waals surface area contributed by atoms with E-state index in [1.165, 1.54) is 6.20 Å². The van der Waals surface area contributed by atoms with Crippen molar-refractivity contribution in [2.24, 2.45) is 15.3 Å². The molecule has 2 rings (SSSR count). The Morgan fingerprint density at radius 2 is 1.91 bits per heavy atom. The van der Waals surface area contributed by atoms with Crippen molar-refractivity contribution < 1.29 is 4.73 Å². The second kappa shape index (κ2) is 7.05. The van der Waals surface area contributed by atoms with E-state index in [0.717, 1.165) is 11.3 Å². The van der Waals surface area contributed by atoms with Crippen LogP contribution in [0.25, 0.3) is 10.4 Å². The third kappa shape index (κ3) is 3.94. The Morgan fingerprint density at radius 3 is 2.55 bits per heavy atom. The standard InChI is InChI=1S/C14H15N7O/c1-11-3-8-14(21(22)9-11)18-17-12-4-6-13(7-5-12)20(2)10-16-19-15/h3-9H,10H2,1-2H3. The summed E-state index contributed by atoms with van der Waals surface area (Å²) in [5, 5.41) is 23.1. The predicted octanol–water partition coefficient (Wildman–Crippen LogP) is 3.75. The maximum absolute atomic E-state index is 11.6. The SMILES string of the molecule is Cc1ccc(N=Nc2ccc(N(C)CN=[N+]=[N-])cc2)[n+]([O-])c1. The first kappa shape index (κ1) is 15.3. The Morgan fingerprint density at radius 1 is 1.18 bits per heavy atom. The highest BCUT2D eigenvalue weighted by Crippen LogP contribution is 2.20. The zero-order chi connectivity index (χ0) is 15.9. The second-order valence-corrected chi connectivity index (χ2v) is 4.68. The number of azide groups is 1. The van der Waals surface area contributed by atoms with Crippen molar-refractivity contribution in [3.05, 3.63) is 63.8 Å². The number of nitrogens with zero attached hydrogens (tertiary/aromatic N) is 7. The van der Waals surface area contributed by atoms with Crippen LogP contribution in [0.3, 0.4) is 0 Å². The normalized spacial score (nSPS) is 10.5. The molecule has 0 amide bonds. The van der Waals surface area contributed by atoms with Gasteiger partial charge in [0.15, 0.2) is 0 Å². The lowest BCUT2D eigenvalue weighted by Gasteiger charge is -2.15. The molecule has 0 aliphatic rings. The van der Waals surface area contributed by atoms with Crippen LogP contribution >= 0.6 is 0 Å². The van der Waals surface area contributed by atoms with Gasteiger partial charge in [-0.05, 0) is 53.5 Å². The van der Waals surface area contributed by atoms with Crippen molar-refractivity contribution in [1.29, 1.82) is 0 Å². The number of aromatic nitrogens is 1. The number of hydrogen-bond donors (Lipinski definition) is 0. The minimum Gasteiger partial charge on any atom is -0.710 e. The molecule has 0 N–H and O–H groups in total.